The van der Waals surface area contributed by atoms with Gasteiger partial charge in [-0.2, -0.15) is 0 Å². The molecule has 1 aliphatic rings. The molecule has 0 spiro atoms. The molecule has 0 aromatic carbocycles. The molecule has 0 aliphatic heterocycles. The number of esters is 2. The summed E-state index contributed by atoms with van der Waals surface area (Å²) in [5.74, 6) is -0.972. The molecule has 0 radical (unpaired) electrons. The summed E-state index contributed by atoms with van der Waals surface area (Å²) in [4.78, 5) is 35.8. The Balaban J connectivity index is 2.97. The third-order valence-corrected chi connectivity index (χ3v) is 4.54. The van der Waals surface area contributed by atoms with Gasteiger partial charge < -0.3 is 9.47 Å². The van der Waals surface area contributed by atoms with Crippen molar-refractivity contribution in [2.75, 3.05) is 7.11 Å². The number of hydrogen-bond donors (Lipinski definition) is 0. The molecule has 5 nitrogen and oxygen atoms in total. The molecule has 0 saturated carbocycles. The average Bonchev–Trinajstić information content (AvgIpc) is 2.55. The highest BCUT2D eigenvalue weighted by molar-refractivity contribution is 5.98. The third kappa shape index (κ3) is 6.98. The van der Waals surface area contributed by atoms with Gasteiger partial charge in [-0.15, -0.1) is 0 Å². The highest BCUT2D eigenvalue weighted by Crippen LogP contribution is 2.39. The van der Waals surface area contributed by atoms with Gasteiger partial charge in [-0.1, -0.05) is 23.3 Å². The monoisotopic (exact) mass is 362 g/mol. The van der Waals surface area contributed by atoms with E-state index in [1.807, 2.05) is 13.0 Å². The maximum Gasteiger partial charge on any atom is 0.306 e. The van der Waals surface area contributed by atoms with Crippen LogP contribution in [0.5, 0.6) is 0 Å². The smallest absolute Gasteiger partial charge is 0.306 e. The van der Waals surface area contributed by atoms with Crippen LogP contribution in [0.3, 0.4) is 0 Å². The van der Waals surface area contributed by atoms with Crippen LogP contribution in [0.4, 0.5) is 0 Å². The lowest BCUT2D eigenvalue weighted by atomic mass is 9.70. The van der Waals surface area contributed by atoms with Crippen molar-refractivity contribution in [3.05, 3.63) is 35.5 Å². The third-order valence-electron chi connectivity index (χ3n) is 4.54. The molecule has 0 unspecified atom stereocenters. The Hall–Kier alpha value is -2.17. The first-order valence-corrected chi connectivity index (χ1v) is 8.94. The Labute approximate surface area is 156 Å². The lowest BCUT2D eigenvalue weighted by Crippen LogP contribution is -2.40. The summed E-state index contributed by atoms with van der Waals surface area (Å²) in [5.41, 5.74) is 1.51. The molecule has 0 fully saturated rings. The van der Waals surface area contributed by atoms with Gasteiger partial charge in [0.25, 0.3) is 0 Å². The molecule has 0 aromatic heterocycles. The molecule has 144 valence electrons. The van der Waals surface area contributed by atoms with Crippen molar-refractivity contribution in [3.63, 3.8) is 0 Å². The minimum absolute atomic E-state index is 0.0256. The second-order valence-electron chi connectivity index (χ2n) is 7.18. The maximum atomic E-state index is 12.6. The number of methoxy groups -OCH3 is 1. The van der Waals surface area contributed by atoms with Crippen LogP contribution in [0.25, 0.3) is 0 Å². The fourth-order valence-electron chi connectivity index (χ4n) is 3.04. The van der Waals surface area contributed by atoms with Crippen LogP contribution < -0.4 is 0 Å². The van der Waals surface area contributed by atoms with Crippen LogP contribution in [0, 0.1) is 5.41 Å². The predicted molar refractivity (Wildman–Crippen MR) is 100 cm³/mol. The number of carbonyl (C=O) groups is 3. The first-order valence-electron chi connectivity index (χ1n) is 8.94. The molecule has 5 heteroatoms. The van der Waals surface area contributed by atoms with E-state index >= 15 is 0 Å². The van der Waals surface area contributed by atoms with Crippen LogP contribution in [0.1, 0.15) is 59.8 Å². The van der Waals surface area contributed by atoms with Crippen molar-refractivity contribution >= 4 is 17.7 Å². The van der Waals surface area contributed by atoms with E-state index in [4.69, 9.17) is 9.47 Å². The first-order chi connectivity index (χ1) is 12.2. The lowest BCUT2D eigenvalue weighted by molar-refractivity contribution is -0.151. The topological polar surface area (TPSA) is 69.7 Å². The largest absolute Gasteiger partial charge is 0.469 e. The summed E-state index contributed by atoms with van der Waals surface area (Å²) in [6.45, 7) is 7.48. The zero-order chi connectivity index (χ0) is 19.7. The summed E-state index contributed by atoms with van der Waals surface area (Å²) in [6, 6.07) is 0. The van der Waals surface area contributed by atoms with Crippen LogP contribution in [-0.2, 0) is 23.9 Å². The van der Waals surface area contributed by atoms with Crippen LogP contribution in [0.2, 0.25) is 0 Å². The Morgan fingerprint density at radius 2 is 1.92 bits per heavy atom. The zero-order valence-electron chi connectivity index (χ0n) is 16.5. The molecular weight excluding hydrogens is 332 g/mol. The Morgan fingerprint density at radius 1 is 1.23 bits per heavy atom. The van der Waals surface area contributed by atoms with Crippen molar-refractivity contribution in [3.8, 4) is 0 Å². The second kappa shape index (κ2) is 10.1. The summed E-state index contributed by atoms with van der Waals surface area (Å²) < 4.78 is 10.0. The molecule has 0 heterocycles. The SMILES string of the molecule is COC(=O)C[C@@]1(C/C=C(\C)CCC=C(C)C)C[C@H](OC(C)=O)C=CC1=O. The van der Waals surface area contributed by atoms with Gasteiger partial charge in [-0.3, -0.25) is 14.4 Å². The van der Waals surface area contributed by atoms with Gasteiger partial charge in [-0.25, -0.2) is 0 Å². The van der Waals surface area contributed by atoms with E-state index in [2.05, 4.69) is 19.9 Å². The normalized spacial score (nSPS) is 22.7. The van der Waals surface area contributed by atoms with E-state index in [1.165, 1.54) is 25.7 Å². The highest BCUT2D eigenvalue weighted by atomic mass is 16.5. The second-order valence-corrected chi connectivity index (χ2v) is 7.18. The summed E-state index contributed by atoms with van der Waals surface area (Å²) in [6.07, 6.45) is 9.22. The summed E-state index contributed by atoms with van der Waals surface area (Å²) in [7, 11) is 1.31. The van der Waals surface area contributed by atoms with E-state index in [-0.39, 0.29) is 18.6 Å². The van der Waals surface area contributed by atoms with E-state index in [1.54, 1.807) is 6.08 Å². The Kier molecular flexibility index (Phi) is 8.49. The first kappa shape index (κ1) is 21.9. The van der Waals surface area contributed by atoms with Gasteiger partial charge >= 0.3 is 11.9 Å². The molecule has 0 saturated heterocycles. The van der Waals surface area contributed by atoms with Crippen molar-refractivity contribution in [1.29, 1.82) is 0 Å². The van der Waals surface area contributed by atoms with Crippen molar-refractivity contribution in [2.24, 2.45) is 5.41 Å². The minimum atomic E-state index is -0.931. The number of hydrogen-bond acceptors (Lipinski definition) is 5. The average molecular weight is 362 g/mol. The minimum Gasteiger partial charge on any atom is -0.469 e. The van der Waals surface area contributed by atoms with Crippen LogP contribution >= 0.6 is 0 Å². The van der Waals surface area contributed by atoms with Gasteiger partial charge in [0, 0.05) is 13.3 Å². The van der Waals surface area contributed by atoms with Crippen LogP contribution in [0.15, 0.2) is 35.5 Å². The van der Waals surface area contributed by atoms with E-state index in [0.717, 1.165) is 18.4 Å². The number of ketones is 1. The Morgan fingerprint density at radius 3 is 2.50 bits per heavy atom. The Bertz CT molecular complexity index is 622. The van der Waals surface area contributed by atoms with Gasteiger partial charge in [0.1, 0.15) is 6.10 Å². The van der Waals surface area contributed by atoms with E-state index in [9.17, 15) is 14.4 Å². The molecule has 1 rings (SSSR count). The molecule has 2 atom stereocenters. The summed E-state index contributed by atoms with van der Waals surface area (Å²) in [5, 5.41) is 0. The number of carbonyl (C=O) groups excluding carboxylic acids is 3. The quantitative estimate of drug-likeness (QED) is 0.481. The molecule has 0 aromatic rings. The van der Waals surface area contributed by atoms with E-state index in [0.29, 0.717) is 6.42 Å². The van der Waals surface area contributed by atoms with Gasteiger partial charge in [-0.05, 0) is 52.2 Å². The van der Waals surface area contributed by atoms with Crippen molar-refractivity contribution in [2.45, 2.75) is 65.9 Å². The predicted octanol–water partition coefficient (Wildman–Crippen LogP) is 4.08. The van der Waals surface area contributed by atoms with Crippen molar-refractivity contribution < 1.29 is 23.9 Å². The number of ether oxygens (including phenoxy) is 2. The zero-order valence-corrected chi connectivity index (χ0v) is 16.5. The van der Waals surface area contributed by atoms with E-state index < -0.39 is 23.5 Å². The van der Waals surface area contributed by atoms with Crippen LogP contribution in [-0.4, -0.2) is 30.9 Å². The maximum absolute atomic E-state index is 12.6. The summed E-state index contributed by atoms with van der Waals surface area (Å²) >= 11 is 0. The fourth-order valence-corrected chi connectivity index (χ4v) is 3.04. The highest BCUT2D eigenvalue weighted by Gasteiger charge is 2.43. The fraction of sp³-hybridized carbons (Fsp3) is 0.571. The molecule has 0 amide bonds. The molecule has 0 bridgehead atoms. The number of rotatable bonds is 8. The lowest BCUT2D eigenvalue weighted by Gasteiger charge is -2.35. The molecule has 0 N–H and O–H groups in total. The van der Waals surface area contributed by atoms with Gasteiger partial charge in [0.15, 0.2) is 5.78 Å². The standard InChI is InChI=1S/C21H30O5/c1-15(2)7-6-8-16(3)11-12-21(14-20(24)25-5)13-18(26-17(4)22)9-10-19(21)23/h7,9-11,18H,6,8,12-14H2,1-5H3/b16-11+/t18-,21-/m1/s1. The van der Waals surface area contributed by atoms with Crippen molar-refractivity contribution in [1.82, 2.24) is 0 Å². The molecular formula is C21H30O5. The molecule has 1 aliphatic carbocycles. The van der Waals surface area contributed by atoms with Gasteiger partial charge in [0.05, 0.1) is 18.9 Å². The molecule has 26 heavy (non-hydrogen) atoms. The van der Waals surface area contributed by atoms with Gasteiger partial charge in [0.2, 0.25) is 0 Å². The number of allylic oxidation sites excluding steroid dienone is 5.